The molecule has 0 aliphatic heterocycles. The highest BCUT2D eigenvalue weighted by molar-refractivity contribution is 7.10. The lowest BCUT2D eigenvalue weighted by atomic mass is 10.2. The minimum Gasteiger partial charge on any atom is -0.398 e. The molecule has 0 aliphatic carbocycles. The van der Waals surface area contributed by atoms with Gasteiger partial charge in [0.1, 0.15) is 5.82 Å². The fourth-order valence-corrected chi connectivity index (χ4v) is 2.25. The Bertz CT molecular complexity index is 473. The van der Waals surface area contributed by atoms with Crippen LogP contribution in [0.4, 0.5) is 15.8 Å². The molecular weight excluding hydrogens is 223 g/mol. The molecule has 1 aromatic heterocycles. The van der Waals surface area contributed by atoms with Gasteiger partial charge in [0.05, 0.1) is 6.54 Å². The quantitative estimate of drug-likeness (QED) is 0.857. The first-order valence-corrected chi connectivity index (χ1v) is 5.86. The molecule has 16 heavy (non-hydrogen) atoms. The van der Waals surface area contributed by atoms with Gasteiger partial charge in [-0.05, 0) is 42.1 Å². The SMILES string of the molecule is Cc1cc(F)cc(NCc2sccc2N)c1. The zero-order valence-corrected chi connectivity index (χ0v) is 9.77. The third kappa shape index (κ3) is 2.52. The van der Waals surface area contributed by atoms with E-state index in [1.165, 1.54) is 12.1 Å². The maximum Gasteiger partial charge on any atom is 0.125 e. The Morgan fingerprint density at radius 2 is 2.19 bits per heavy atom. The molecule has 0 fully saturated rings. The van der Waals surface area contributed by atoms with Gasteiger partial charge in [-0.2, -0.15) is 0 Å². The second-order valence-corrected chi connectivity index (χ2v) is 4.67. The smallest absolute Gasteiger partial charge is 0.125 e. The first-order chi connectivity index (χ1) is 7.65. The molecule has 0 saturated carbocycles. The van der Waals surface area contributed by atoms with Gasteiger partial charge in [0.15, 0.2) is 0 Å². The monoisotopic (exact) mass is 236 g/mol. The molecule has 0 aliphatic rings. The predicted octanol–water partition coefficient (Wildman–Crippen LogP) is 3.39. The van der Waals surface area contributed by atoms with E-state index in [2.05, 4.69) is 5.32 Å². The minimum atomic E-state index is -0.221. The van der Waals surface area contributed by atoms with E-state index in [0.29, 0.717) is 6.54 Å². The summed E-state index contributed by atoms with van der Waals surface area (Å²) < 4.78 is 13.1. The zero-order chi connectivity index (χ0) is 11.5. The van der Waals surface area contributed by atoms with Crippen molar-refractivity contribution in [2.24, 2.45) is 0 Å². The molecule has 1 heterocycles. The first kappa shape index (κ1) is 11.0. The molecule has 84 valence electrons. The van der Waals surface area contributed by atoms with Crippen LogP contribution in [0.3, 0.4) is 0 Å². The van der Waals surface area contributed by atoms with Crippen molar-refractivity contribution in [3.8, 4) is 0 Å². The number of benzene rings is 1. The van der Waals surface area contributed by atoms with Crippen molar-refractivity contribution in [3.63, 3.8) is 0 Å². The Hall–Kier alpha value is -1.55. The predicted molar refractivity (Wildman–Crippen MR) is 67.2 cm³/mol. The van der Waals surface area contributed by atoms with Crippen molar-refractivity contribution in [2.75, 3.05) is 11.1 Å². The number of nitrogens with two attached hydrogens (primary N) is 1. The van der Waals surface area contributed by atoms with Crippen LogP contribution in [0.1, 0.15) is 10.4 Å². The summed E-state index contributed by atoms with van der Waals surface area (Å²) >= 11 is 1.60. The number of thiophene rings is 1. The van der Waals surface area contributed by atoms with Gasteiger partial charge in [-0.25, -0.2) is 4.39 Å². The van der Waals surface area contributed by atoms with E-state index < -0.39 is 0 Å². The summed E-state index contributed by atoms with van der Waals surface area (Å²) in [5, 5.41) is 5.11. The molecule has 1 aromatic carbocycles. The second kappa shape index (κ2) is 4.53. The average molecular weight is 236 g/mol. The lowest BCUT2D eigenvalue weighted by Gasteiger charge is -2.07. The third-order valence-corrected chi connectivity index (χ3v) is 3.21. The number of nitrogen functional groups attached to an aromatic ring is 1. The molecule has 0 unspecified atom stereocenters. The first-order valence-electron chi connectivity index (χ1n) is 4.98. The number of halogens is 1. The highest BCUT2D eigenvalue weighted by Crippen LogP contribution is 2.21. The third-order valence-electron chi connectivity index (χ3n) is 2.28. The Kier molecular flexibility index (Phi) is 3.10. The molecule has 0 bridgehead atoms. The van der Waals surface area contributed by atoms with Crippen LogP contribution in [-0.2, 0) is 6.54 Å². The Morgan fingerprint density at radius 1 is 1.38 bits per heavy atom. The Balaban J connectivity index is 2.07. The molecule has 0 amide bonds. The van der Waals surface area contributed by atoms with Gasteiger partial charge in [-0.3, -0.25) is 0 Å². The van der Waals surface area contributed by atoms with Crippen molar-refractivity contribution in [3.05, 3.63) is 45.9 Å². The van der Waals surface area contributed by atoms with E-state index in [1.807, 2.05) is 24.4 Å². The van der Waals surface area contributed by atoms with Crippen molar-refractivity contribution >= 4 is 22.7 Å². The molecule has 2 nitrogen and oxygen atoms in total. The number of nitrogens with one attached hydrogen (secondary N) is 1. The van der Waals surface area contributed by atoms with Crippen LogP contribution in [-0.4, -0.2) is 0 Å². The Morgan fingerprint density at radius 3 is 2.81 bits per heavy atom. The van der Waals surface area contributed by atoms with Gasteiger partial charge < -0.3 is 11.1 Å². The van der Waals surface area contributed by atoms with Crippen LogP contribution >= 0.6 is 11.3 Å². The molecule has 2 aromatic rings. The normalized spacial score (nSPS) is 10.4. The van der Waals surface area contributed by atoms with Crippen LogP contribution in [0.25, 0.3) is 0 Å². The van der Waals surface area contributed by atoms with Crippen LogP contribution in [0.5, 0.6) is 0 Å². The Labute approximate surface area is 97.9 Å². The average Bonchev–Trinajstić information content (AvgIpc) is 2.59. The second-order valence-electron chi connectivity index (χ2n) is 3.67. The molecule has 0 atom stereocenters. The van der Waals surface area contributed by atoms with Gasteiger partial charge in [-0.1, -0.05) is 0 Å². The number of aryl methyl sites for hydroxylation is 1. The van der Waals surface area contributed by atoms with Gasteiger partial charge in [-0.15, -0.1) is 11.3 Å². The molecule has 0 saturated heterocycles. The highest BCUT2D eigenvalue weighted by Gasteiger charge is 2.01. The van der Waals surface area contributed by atoms with E-state index in [-0.39, 0.29) is 5.82 Å². The zero-order valence-electron chi connectivity index (χ0n) is 8.96. The summed E-state index contributed by atoms with van der Waals surface area (Å²) in [5.74, 6) is -0.221. The molecule has 0 radical (unpaired) electrons. The molecule has 3 N–H and O–H groups in total. The fraction of sp³-hybridized carbons (Fsp3) is 0.167. The summed E-state index contributed by atoms with van der Waals surface area (Å²) in [5.41, 5.74) is 8.23. The standard InChI is InChI=1S/C12H13FN2S/c1-8-4-9(13)6-10(5-8)15-7-12-11(14)2-3-16-12/h2-6,15H,7,14H2,1H3. The van der Waals surface area contributed by atoms with Crippen molar-refractivity contribution in [1.82, 2.24) is 0 Å². The number of rotatable bonds is 3. The summed E-state index contributed by atoms with van der Waals surface area (Å²) in [4.78, 5) is 1.07. The summed E-state index contributed by atoms with van der Waals surface area (Å²) in [6.45, 7) is 2.50. The van der Waals surface area contributed by atoms with Crippen LogP contribution in [0, 0.1) is 12.7 Å². The summed E-state index contributed by atoms with van der Waals surface area (Å²) in [7, 11) is 0. The maximum absolute atomic E-state index is 13.1. The molecule has 2 rings (SSSR count). The summed E-state index contributed by atoms with van der Waals surface area (Å²) in [6, 6.07) is 6.77. The van der Waals surface area contributed by atoms with Crippen molar-refractivity contribution in [1.29, 1.82) is 0 Å². The highest BCUT2D eigenvalue weighted by atomic mass is 32.1. The topological polar surface area (TPSA) is 38.0 Å². The largest absolute Gasteiger partial charge is 0.398 e. The van der Waals surface area contributed by atoms with E-state index in [4.69, 9.17) is 5.73 Å². The van der Waals surface area contributed by atoms with Gasteiger partial charge >= 0.3 is 0 Å². The fourth-order valence-electron chi connectivity index (χ4n) is 1.51. The number of hydrogen-bond donors (Lipinski definition) is 2. The van der Waals surface area contributed by atoms with E-state index in [1.54, 1.807) is 11.3 Å². The molecule has 4 heteroatoms. The van der Waals surface area contributed by atoms with Crippen LogP contribution in [0.15, 0.2) is 29.6 Å². The van der Waals surface area contributed by atoms with Crippen LogP contribution < -0.4 is 11.1 Å². The maximum atomic E-state index is 13.1. The van der Waals surface area contributed by atoms with Gasteiger partial charge in [0.25, 0.3) is 0 Å². The number of hydrogen-bond acceptors (Lipinski definition) is 3. The van der Waals surface area contributed by atoms with E-state index >= 15 is 0 Å². The van der Waals surface area contributed by atoms with Gasteiger partial charge in [0, 0.05) is 16.3 Å². The summed E-state index contributed by atoms with van der Waals surface area (Å²) in [6.07, 6.45) is 0. The molecular formula is C12H13FN2S. The lowest BCUT2D eigenvalue weighted by molar-refractivity contribution is 0.627. The van der Waals surface area contributed by atoms with E-state index in [0.717, 1.165) is 21.8 Å². The number of anilines is 2. The van der Waals surface area contributed by atoms with Gasteiger partial charge in [0.2, 0.25) is 0 Å². The van der Waals surface area contributed by atoms with Crippen LogP contribution in [0.2, 0.25) is 0 Å². The van der Waals surface area contributed by atoms with E-state index in [9.17, 15) is 4.39 Å². The molecule has 0 spiro atoms. The van der Waals surface area contributed by atoms with Crippen molar-refractivity contribution < 1.29 is 4.39 Å². The minimum absolute atomic E-state index is 0.221. The van der Waals surface area contributed by atoms with Crippen molar-refractivity contribution in [2.45, 2.75) is 13.5 Å². The lowest BCUT2D eigenvalue weighted by Crippen LogP contribution is -2.00.